The van der Waals surface area contributed by atoms with Crippen molar-refractivity contribution < 1.29 is 9.59 Å². The Morgan fingerprint density at radius 2 is 1.68 bits per heavy atom. The van der Waals surface area contributed by atoms with Gasteiger partial charge in [0.2, 0.25) is 0 Å². The number of hydrogen-bond acceptors (Lipinski definition) is 5. The minimum Gasteiger partial charge on any atom is -0.294 e. The van der Waals surface area contributed by atoms with E-state index in [4.69, 9.17) is 0 Å². The number of hydrogen-bond donors (Lipinski definition) is 0. The maximum Gasteiger partial charge on any atom is 0.167 e. The third-order valence-electron chi connectivity index (χ3n) is 5.39. The van der Waals surface area contributed by atoms with Gasteiger partial charge in [-0.25, -0.2) is 9.97 Å². The molecule has 0 amide bonds. The van der Waals surface area contributed by atoms with Crippen molar-refractivity contribution in [3.05, 3.63) is 126 Å². The summed E-state index contributed by atoms with van der Waals surface area (Å²) in [6.45, 7) is 1.82. The molecule has 0 atom stereocenters. The number of allylic oxidation sites excluding steroid dienone is 2. The summed E-state index contributed by atoms with van der Waals surface area (Å²) in [5.41, 5.74) is 5.31. The summed E-state index contributed by atoms with van der Waals surface area (Å²) in [7, 11) is 0. The lowest BCUT2D eigenvalue weighted by Gasteiger charge is -2.07. The summed E-state index contributed by atoms with van der Waals surface area (Å²) in [6.07, 6.45) is 9.79. The molecule has 0 spiro atoms. The van der Waals surface area contributed by atoms with Crippen LogP contribution in [0.4, 0.5) is 0 Å². The Bertz CT molecular complexity index is 1310. The van der Waals surface area contributed by atoms with E-state index in [0.29, 0.717) is 30.7 Å². The second kappa shape index (κ2) is 11.1. The van der Waals surface area contributed by atoms with E-state index in [9.17, 15) is 9.59 Å². The molecule has 0 bridgehead atoms. The summed E-state index contributed by atoms with van der Waals surface area (Å²) in [5, 5.41) is 0. The highest BCUT2D eigenvalue weighted by atomic mass is 16.1. The predicted octanol–water partition coefficient (Wildman–Crippen LogP) is 5.24. The molecule has 168 valence electrons. The van der Waals surface area contributed by atoms with Gasteiger partial charge in [-0.3, -0.25) is 14.6 Å². The normalized spacial score (nSPS) is 11.0. The van der Waals surface area contributed by atoms with Gasteiger partial charge < -0.3 is 0 Å². The van der Waals surface area contributed by atoms with E-state index in [0.717, 1.165) is 27.9 Å². The largest absolute Gasteiger partial charge is 0.294 e. The standard InChI is InChI=1S/C29H25N3O2/c1-2-5-26(33)17-21-9-11-24(12-10-21)28(34)18-22-6-3-7-23(16-22)19-29-31-15-13-27(32-29)25-8-4-14-30-20-25/h2-16,20H,17-19H2,1H3/b5-2+. The first-order valence-electron chi connectivity index (χ1n) is 11.2. The van der Waals surface area contributed by atoms with Crippen molar-refractivity contribution in [1.29, 1.82) is 0 Å². The Hall–Kier alpha value is -4.25. The quantitative estimate of drug-likeness (QED) is 0.259. The molecule has 5 nitrogen and oxygen atoms in total. The van der Waals surface area contributed by atoms with Gasteiger partial charge in [0.1, 0.15) is 5.82 Å². The molecule has 4 aromatic rings. The Labute approximate surface area is 199 Å². The van der Waals surface area contributed by atoms with Gasteiger partial charge in [0.05, 0.1) is 5.69 Å². The second-order valence-corrected chi connectivity index (χ2v) is 8.04. The number of aromatic nitrogens is 3. The fourth-order valence-corrected chi connectivity index (χ4v) is 3.73. The molecule has 4 rings (SSSR count). The Morgan fingerprint density at radius 1 is 0.853 bits per heavy atom. The van der Waals surface area contributed by atoms with E-state index in [1.54, 1.807) is 42.9 Å². The summed E-state index contributed by atoms with van der Waals surface area (Å²) in [5.74, 6) is 0.805. The van der Waals surface area contributed by atoms with Crippen LogP contribution < -0.4 is 0 Å². The SMILES string of the molecule is C/C=C/C(=O)Cc1ccc(C(=O)Cc2cccc(Cc3nccc(-c4cccnc4)n3)c2)cc1. The van der Waals surface area contributed by atoms with Gasteiger partial charge in [-0.15, -0.1) is 0 Å². The van der Waals surface area contributed by atoms with Crippen LogP contribution in [0.2, 0.25) is 0 Å². The number of carbonyl (C=O) groups is 2. The molecule has 0 aliphatic carbocycles. The number of rotatable bonds is 9. The zero-order valence-corrected chi connectivity index (χ0v) is 19.0. The van der Waals surface area contributed by atoms with Crippen molar-refractivity contribution >= 4 is 11.6 Å². The summed E-state index contributed by atoms with van der Waals surface area (Å²) >= 11 is 0. The van der Waals surface area contributed by atoms with E-state index in [-0.39, 0.29) is 11.6 Å². The summed E-state index contributed by atoms with van der Waals surface area (Å²) in [4.78, 5) is 37.8. The fourth-order valence-electron chi connectivity index (χ4n) is 3.73. The summed E-state index contributed by atoms with van der Waals surface area (Å²) < 4.78 is 0. The van der Waals surface area contributed by atoms with Crippen molar-refractivity contribution in [3.63, 3.8) is 0 Å². The molecular formula is C29H25N3O2. The van der Waals surface area contributed by atoms with E-state index >= 15 is 0 Å². The van der Waals surface area contributed by atoms with Crippen LogP contribution in [0.1, 0.15) is 39.8 Å². The molecule has 0 aliphatic rings. The number of carbonyl (C=O) groups excluding carboxylic acids is 2. The van der Waals surface area contributed by atoms with Crippen molar-refractivity contribution in [2.24, 2.45) is 0 Å². The van der Waals surface area contributed by atoms with Crippen LogP contribution in [0.3, 0.4) is 0 Å². The van der Waals surface area contributed by atoms with E-state index in [1.165, 1.54) is 0 Å². The Kier molecular flexibility index (Phi) is 7.45. The van der Waals surface area contributed by atoms with Crippen LogP contribution in [0, 0.1) is 0 Å². The molecular weight excluding hydrogens is 422 g/mol. The fraction of sp³-hybridized carbons (Fsp3) is 0.138. The average molecular weight is 448 g/mol. The molecule has 2 aromatic heterocycles. The zero-order valence-electron chi connectivity index (χ0n) is 19.0. The highest BCUT2D eigenvalue weighted by Gasteiger charge is 2.10. The van der Waals surface area contributed by atoms with Gasteiger partial charge >= 0.3 is 0 Å². The van der Waals surface area contributed by atoms with Crippen LogP contribution >= 0.6 is 0 Å². The van der Waals surface area contributed by atoms with Crippen molar-refractivity contribution in [1.82, 2.24) is 15.0 Å². The van der Waals surface area contributed by atoms with Gasteiger partial charge in [0, 0.05) is 49.0 Å². The Balaban J connectivity index is 1.42. The number of benzene rings is 2. The molecule has 0 saturated carbocycles. The lowest BCUT2D eigenvalue weighted by Crippen LogP contribution is -2.05. The molecule has 0 fully saturated rings. The predicted molar refractivity (Wildman–Crippen MR) is 133 cm³/mol. The minimum atomic E-state index is 0.0401. The molecule has 2 aromatic carbocycles. The molecule has 0 aliphatic heterocycles. The molecule has 5 heteroatoms. The molecule has 0 unspecified atom stereocenters. The third kappa shape index (κ3) is 6.17. The summed E-state index contributed by atoms with van der Waals surface area (Å²) in [6, 6.07) is 21.0. The highest BCUT2D eigenvalue weighted by molar-refractivity contribution is 5.97. The number of ketones is 2. The minimum absolute atomic E-state index is 0.0401. The maximum absolute atomic E-state index is 12.8. The van der Waals surface area contributed by atoms with Gasteiger partial charge in [0.25, 0.3) is 0 Å². The number of nitrogens with zero attached hydrogens (tertiary/aromatic N) is 3. The van der Waals surface area contributed by atoms with Crippen LogP contribution in [-0.4, -0.2) is 26.5 Å². The second-order valence-electron chi connectivity index (χ2n) is 8.04. The van der Waals surface area contributed by atoms with E-state index in [1.807, 2.05) is 61.5 Å². The zero-order chi connectivity index (χ0) is 23.8. The van der Waals surface area contributed by atoms with E-state index in [2.05, 4.69) is 15.0 Å². The molecule has 0 saturated heterocycles. The van der Waals surface area contributed by atoms with E-state index < -0.39 is 0 Å². The molecule has 34 heavy (non-hydrogen) atoms. The highest BCUT2D eigenvalue weighted by Crippen LogP contribution is 2.17. The monoisotopic (exact) mass is 447 g/mol. The topological polar surface area (TPSA) is 72.8 Å². The van der Waals surface area contributed by atoms with Gasteiger partial charge in [-0.05, 0) is 47.9 Å². The number of pyridine rings is 1. The average Bonchev–Trinajstić information content (AvgIpc) is 2.85. The van der Waals surface area contributed by atoms with Crippen LogP contribution in [0.15, 0.2) is 97.5 Å². The van der Waals surface area contributed by atoms with Crippen LogP contribution in [0.25, 0.3) is 11.3 Å². The first-order valence-corrected chi connectivity index (χ1v) is 11.2. The molecule has 0 radical (unpaired) electrons. The van der Waals surface area contributed by atoms with Gasteiger partial charge in [0.15, 0.2) is 11.6 Å². The lowest BCUT2D eigenvalue weighted by molar-refractivity contribution is -0.114. The lowest BCUT2D eigenvalue weighted by atomic mass is 9.99. The van der Waals surface area contributed by atoms with Crippen LogP contribution in [0.5, 0.6) is 0 Å². The van der Waals surface area contributed by atoms with Gasteiger partial charge in [-0.2, -0.15) is 0 Å². The van der Waals surface area contributed by atoms with Crippen molar-refractivity contribution in [2.75, 3.05) is 0 Å². The number of Topliss-reactive ketones (excluding diaryl/α,β-unsaturated/α-hetero) is 1. The van der Waals surface area contributed by atoms with Crippen molar-refractivity contribution in [3.8, 4) is 11.3 Å². The first-order chi connectivity index (χ1) is 16.6. The van der Waals surface area contributed by atoms with Crippen LogP contribution in [-0.2, 0) is 24.1 Å². The van der Waals surface area contributed by atoms with Crippen molar-refractivity contribution in [2.45, 2.75) is 26.2 Å². The Morgan fingerprint density at radius 3 is 2.44 bits per heavy atom. The molecule has 2 heterocycles. The smallest absolute Gasteiger partial charge is 0.167 e. The first kappa shape index (κ1) is 22.9. The molecule has 0 N–H and O–H groups in total. The third-order valence-corrected chi connectivity index (χ3v) is 5.39. The van der Waals surface area contributed by atoms with Gasteiger partial charge in [-0.1, -0.05) is 54.6 Å². The maximum atomic E-state index is 12.8.